The molecule has 0 spiro atoms. The van der Waals surface area contributed by atoms with Crippen molar-refractivity contribution in [1.82, 2.24) is 4.90 Å². The normalized spacial score (nSPS) is 15.1. The Morgan fingerprint density at radius 1 is 1.23 bits per heavy atom. The van der Waals surface area contributed by atoms with Crippen LogP contribution in [0.4, 0.5) is 4.39 Å². The SMILES string of the molecule is Cc1cc(OC2CN(Cc3ccc(C#N)cc3)C2)ccc1F. The van der Waals surface area contributed by atoms with Gasteiger partial charge in [0.25, 0.3) is 0 Å². The van der Waals surface area contributed by atoms with Crippen LogP contribution in [0, 0.1) is 24.1 Å². The van der Waals surface area contributed by atoms with Crippen LogP contribution in [-0.2, 0) is 6.54 Å². The first kappa shape index (κ1) is 14.6. The van der Waals surface area contributed by atoms with Crippen molar-refractivity contribution in [2.24, 2.45) is 0 Å². The fraction of sp³-hybridized carbons (Fsp3) is 0.278. The quantitative estimate of drug-likeness (QED) is 0.869. The highest BCUT2D eigenvalue weighted by Gasteiger charge is 2.28. The standard InChI is InChI=1S/C18H17FN2O/c1-13-8-16(6-7-18(13)19)22-17-11-21(12-17)10-15-4-2-14(9-20)3-5-15/h2-8,17H,10-12H2,1H3. The summed E-state index contributed by atoms with van der Waals surface area (Å²) in [6.45, 7) is 4.31. The van der Waals surface area contributed by atoms with Gasteiger partial charge in [-0.25, -0.2) is 4.39 Å². The van der Waals surface area contributed by atoms with Crippen LogP contribution < -0.4 is 4.74 Å². The Hall–Kier alpha value is -2.38. The second-order valence-electron chi connectivity index (χ2n) is 5.65. The predicted octanol–water partition coefficient (Wildman–Crippen LogP) is 3.27. The molecular formula is C18H17FN2O. The highest BCUT2D eigenvalue weighted by Crippen LogP contribution is 2.22. The van der Waals surface area contributed by atoms with Gasteiger partial charge in [0.2, 0.25) is 0 Å². The highest BCUT2D eigenvalue weighted by atomic mass is 19.1. The Balaban J connectivity index is 1.49. The molecule has 0 aliphatic carbocycles. The van der Waals surface area contributed by atoms with Gasteiger partial charge in [-0.2, -0.15) is 5.26 Å². The van der Waals surface area contributed by atoms with Crippen molar-refractivity contribution in [2.75, 3.05) is 13.1 Å². The van der Waals surface area contributed by atoms with Gasteiger partial charge in [0.1, 0.15) is 17.7 Å². The van der Waals surface area contributed by atoms with Crippen molar-refractivity contribution < 1.29 is 9.13 Å². The molecule has 2 aromatic carbocycles. The Labute approximate surface area is 129 Å². The van der Waals surface area contributed by atoms with Gasteiger partial charge in [0.15, 0.2) is 0 Å². The summed E-state index contributed by atoms with van der Waals surface area (Å²) >= 11 is 0. The smallest absolute Gasteiger partial charge is 0.126 e. The first-order valence-corrected chi connectivity index (χ1v) is 7.28. The number of halogens is 1. The summed E-state index contributed by atoms with van der Waals surface area (Å²) in [6, 6.07) is 14.6. The molecule has 4 heteroatoms. The first-order chi connectivity index (χ1) is 10.6. The number of rotatable bonds is 4. The van der Waals surface area contributed by atoms with E-state index < -0.39 is 0 Å². The van der Waals surface area contributed by atoms with E-state index in [1.165, 1.54) is 11.6 Å². The zero-order chi connectivity index (χ0) is 15.5. The molecule has 0 radical (unpaired) electrons. The van der Waals surface area contributed by atoms with Gasteiger partial charge in [0, 0.05) is 19.6 Å². The Morgan fingerprint density at radius 2 is 1.95 bits per heavy atom. The molecule has 1 aliphatic rings. The van der Waals surface area contributed by atoms with E-state index in [4.69, 9.17) is 10.00 Å². The highest BCUT2D eigenvalue weighted by molar-refractivity contribution is 5.32. The third-order valence-electron chi connectivity index (χ3n) is 3.85. The molecule has 112 valence electrons. The second kappa shape index (κ2) is 6.17. The molecule has 0 amide bonds. The number of ether oxygens (including phenoxy) is 1. The molecule has 0 saturated carbocycles. The van der Waals surface area contributed by atoms with E-state index in [1.807, 2.05) is 24.3 Å². The maximum Gasteiger partial charge on any atom is 0.126 e. The monoisotopic (exact) mass is 296 g/mol. The molecule has 22 heavy (non-hydrogen) atoms. The largest absolute Gasteiger partial charge is 0.488 e. The Kier molecular flexibility index (Phi) is 4.08. The fourth-order valence-electron chi connectivity index (χ4n) is 2.55. The van der Waals surface area contributed by atoms with Crippen LogP contribution in [0.2, 0.25) is 0 Å². The average molecular weight is 296 g/mol. The minimum Gasteiger partial charge on any atom is -0.488 e. The van der Waals surface area contributed by atoms with Gasteiger partial charge in [-0.1, -0.05) is 12.1 Å². The number of aryl methyl sites for hydroxylation is 1. The Bertz CT molecular complexity index is 700. The lowest BCUT2D eigenvalue weighted by Crippen LogP contribution is -2.53. The number of hydrogen-bond donors (Lipinski definition) is 0. The lowest BCUT2D eigenvalue weighted by Gasteiger charge is -2.39. The zero-order valence-corrected chi connectivity index (χ0v) is 12.4. The van der Waals surface area contributed by atoms with Gasteiger partial charge in [-0.15, -0.1) is 0 Å². The molecule has 0 atom stereocenters. The molecule has 3 rings (SSSR count). The molecule has 1 aliphatic heterocycles. The lowest BCUT2D eigenvalue weighted by atomic mass is 10.1. The molecular weight excluding hydrogens is 279 g/mol. The van der Waals surface area contributed by atoms with E-state index in [2.05, 4.69) is 11.0 Å². The maximum absolute atomic E-state index is 13.2. The van der Waals surface area contributed by atoms with Gasteiger partial charge in [-0.05, 0) is 48.4 Å². The van der Waals surface area contributed by atoms with Crippen molar-refractivity contribution in [3.63, 3.8) is 0 Å². The average Bonchev–Trinajstić information content (AvgIpc) is 2.49. The van der Waals surface area contributed by atoms with Crippen LogP contribution in [0.15, 0.2) is 42.5 Å². The van der Waals surface area contributed by atoms with E-state index in [-0.39, 0.29) is 11.9 Å². The zero-order valence-electron chi connectivity index (χ0n) is 12.4. The number of nitriles is 1. The number of hydrogen-bond acceptors (Lipinski definition) is 3. The molecule has 2 aromatic rings. The maximum atomic E-state index is 13.2. The van der Waals surface area contributed by atoms with Crippen molar-refractivity contribution in [1.29, 1.82) is 5.26 Å². The van der Waals surface area contributed by atoms with Crippen LogP contribution in [0.5, 0.6) is 5.75 Å². The first-order valence-electron chi connectivity index (χ1n) is 7.28. The summed E-state index contributed by atoms with van der Waals surface area (Å²) in [5, 5.41) is 8.78. The van der Waals surface area contributed by atoms with Crippen molar-refractivity contribution in [2.45, 2.75) is 19.6 Å². The van der Waals surface area contributed by atoms with Gasteiger partial charge in [0.05, 0.1) is 11.6 Å². The van der Waals surface area contributed by atoms with E-state index >= 15 is 0 Å². The summed E-state index contributed by atoms with van der Waals surface area (Å²) in [5.74, 6) is 0.519. The number of benzene rings is 2. The lowest BCUT2D eigenvalue weighted by molar-refractivity contribution is 0.0145. The summed E-state index contributed by atoms with van der Waals surface area (Å²) in [4.78, 5) is 2.28. The molecule has 1 heterocycles. The predicted molar refractivity (Wildman–Crippen MR) is 82.0 cm³/mol. The molecule has 3 nitrogen and oxygen atoms in total. The summed E-state index contributed by atoms with van der Waals surface area (Å²) in [5.41, 5.74) is 2.47. The van der Waals surface area contributed by atoms with Crippen LogP contribution in [0.3, 0.4) is 0 Å². The third-order valence-corrected chi connectivity index (χ3v) is 3.85. The minimum atomic E-state index is -0.205. The van der Waals surface area contributed by atoms with Crippen molar-refractivity contribution >= 4 is 0 Å². The molecule has 1 fully saturated rings. The van der Waals surface area contributed by atoms with E-state index in [0.29, 0.717) is 11.1 Å². The van der Waals surface area contributed by atoms with Crippen molar-refractivity contribution in [3.05, 3.63) is 65.0 Å². The van der Waals surface area contributed by atoms with Gasteiger partial charge in [-0.3, -0.25) is 4.90 Å². The van der Waals surface area contributed by atoms with E-state index in [9.17, 15) is 4.39 Å². The Morgan fingerprint density at radius 3 is 2.59 bits per heavy atom. The summed E-state index contributed by atoms with van der Waals surface area (Å²) in [7, 11) is 0. The molecule has 0 aromatic heterocycles. The third kappa shape index (κ3) is 3.26. The minimum absolute atomic E-state index is 0.156. The molecule has 0 unspecified atom stereocenters. The van der Waals surface area contributed by atoms with Crippen molar-refractivity contribution in [3.8, 4) is 11.8 Å². The fourth-order valence-corrected chi connectivity index (χ4v) is 2.55. The second-order valence-corrected chi connectivity index (χ2v) is 5.65. The molecule has 0 bridgehead atoms. The topological polar surface area (TPSA) is 36.3 Å². The van der Waals surface area contributed by atoms with Crippen LogP contribution in [0.1, 0.15) is 16.7 Å². The van der Waals surface area contributed by atoms with E-state index in [1.54, 1.807) is 19.1 Å². The molecule has 1 saturated heterocycles. The van der Waals surface area contributed by atoms with Crippen LogP contribution in [0.25, 0.3) is 0 Å². The number of nitrogens with zero attached hydrogens (tertiary/aromatic N) is 2. The van der Waals surface area contributed by atoms with Gasteiger partial charge >= 0.3 is 0 Å². The molecule has 0 N–H and O–H groups in total. The van der Waals surface area contributed by atoms with E-state index in [0.717, 1.165) is 25.4 Å². The van der Waals surface area contributed by atoms with Crippen LogP contribution >= 0.6 is 0 Å². The summed E-state index contributed by atoms with van der Waals surface area (Å²) in [6.07, 6.45) is 0.156. The van der Waals surface area contributed by atoms with Crippen LogP contribution in [-0.4, -0.2) is 24.1 Å². The van der Waals surface area contributed by atoms with Gasteiger partial charge < -0.3 is 4.74 Å². The number of likely N-dealkylation sites (tertiary alicyclic amines) is 1. The summed E-state index contributed by atoms with van der Waals surface area (Å²) < 4.78 is 19.0.